The van der Waals surface area contributed by atoms with Crippen molar-refractivity contribution < 1.29 is 31.9 Å². The second kappa shape index (κ2) is 4.92. The zero-order chi connectivity index (χ0) is 16.0. The van der Waals surface area contributed by atoms with Crippen LogP contribution in [-0.2, 0) is 10.8 Å². The van der Waals surface area contributed by atoms with Crippen LogP contribution in [-0.4, -0.2) is 31.4 Å². The third-order valence-corrected chi connectivity index (χ3v) is 3.01. The van der Waals surface area contributed by atoms with Gasteiger partial charge in [0.2, 0.25) is 0 Å². The summed E-state index contributed by atoms with van der Waals surface area (Å²) in [5.74, 6) is -5.40. The largest absolute Gasteiger partial charge is 0.469 e. The topological polar surface area (TPSA) is 50.8 Å². The maximum atomic E-state index is 13.6. The summed E-state index contributed by atoms with van der Waals surface area (Å²) >= 11 is 5.62. The first kappa shape index (κ1) is 15.6. The van der Waals surface area contributed by atoms with Gasteiger partial charge in [0.15, 0.2) is 5.75 Å². The molecule has 1 heterocycles. The lowest BCUT2D eigenvalue weighted by atomic mass is 10.1. The number of urea groups is 1. The van der Waals surface area contributed by atoms with Crippen molar-refractivity contribution in [1.29, 1.82) is 0 Å². The van der Waals surface area contributed by atoms with Gasteiger partial charge in [0, 0.05) is 12.1 Å². The molecule has 0 bridgehead atoms. The number of fused-ring (bicyclic) bond motifs is 1. The van der Waals surface area contributed by atoms with Crippen molar-refractivity contribution in [3.05, 3.63) is 22.7 Å². The summed E-state index contributed by atoms with van der Waals surface area (Å²) in [6.45, 7) is 0. The second-order valence-electron chi connectivity index (χ2n) is 4.13. The van der Waals surface area contributed by atoms with Crippen molar-refractivity contribution >= 4 is 23.3 Å². The predicted molar refractivity (Wildman–Crippen MR) is 64.7 cm³/mol. The van der Waals surface area contributed by atoms with Gasteiger partial charge in [0.25, 0.3) is 0 Å². The Balaban J connectivity index is 2.46. The SMILES string of the molecule is CON(C)C(=O)Nc1cc(Cl)cc2c1OC(F)(F)C2(F)F. The number of anilines is 1. The lowest BCUT2D eigenvalue weighted by molar-refractivity contribution is -0.296. The number of alkyl halides is 4. The highest BCUT2D eigenvalue weighted by Crippen LogP contribution is 2.56. The Morgan fingerprint density at radius 1 is 1.38 bits per heavy atom. The summed E-state index contributed by atoms with van der Waals surface area (Å²) in [5.41, 5.74) is -1.52. The number of carbonyl (C=O) groups is 1. The normalized spacial score (nSPS) is 17.9. The van der Waals surface area contributed by atoms with E-state index < -0.39 is 35.1 Å². The molecule has 0 fully saturated rings. The van der Waals surface area contributed by atoms with Crippen LogP contribution in [0.5, 0.6) is 5.75 Å². The smallest absolute Gasteiger partial charge is 0.425 e. The number of carbonyl (C=O) groups excluding carboxylic acids is 1. The van der Waals surface area contributed by atoms with E-state index in [1.807, 2.05) is 0 Å². The molecule has 0 saturated heterocycles. The summed E-state index contributed by atoms with van der Waals surface area (Å²) in [6.07, 6.45) is -4.73. The molecule has 2 rings (SSSR count). The Morgan fingerprint density at radius 2 is 2.00 bits per heavy atom. The highest BCUT2D eigenvalue weighted by Gasteiger charge is 2.67. The molecule has 1 aromatic carbocycles. The van der Waals surface area contributed by atoms with Crippen LogP contribution in [0.1, 0.15) is 5.56 Å². The van der Waals surface area contributed by atoms with Crippen molar-refractivity contribution in [3.8, 4) is 5.75 Å². The highest BCUT2D eigenvalue weighted by molar-refractivity contribution is 6.31. The minimum atomic E-state index is -4.73. The van der Waals surface area contributed by atoms with Crippen LogP contribution in [0.3, 0.4) is 0 Å². The molecule has 0 atom stereocenters. The first-order chi connectivity index (χ1) is 9.60. The highest BCUT2D eigenvalue weighted by atomic mass is 35.5. The average molecular weight is 329 g/mol. The van der Waals surface area contributed by atoms with Gasteiger partial charge in [-0.15, -0.1) is 0 Å². The van der Waals surface area contributed by atoms with Crippen LogP contribution in [0.15, 0.2) is 12.1 Å². The third kappa shape index (κ3) is 2.46. The first-order valence-corrected chi connectivity index (χ1v) is 5.85. The molecule has 10 heteroatoms. The Kier molecular flexibility index (Phi) is 3.66. The van der Waals surface area contributed by atoms with Gasteiger partial charge in [-0.2, -0.15) is 17.6 Å². The van der Waals surface area contributed by atoms with E-state index in [9.17, 15) is 22.4 Å². The molecular formula is C11H9ClF4N2O3. The molecule has 116 valence electrons. The molecular weight excluding hydrogens is 320 g/mol. The van der Waals surface area contributed by atoms with Crippen LogP contribution >= 0.6 is 11.6 Å². The summed E-state index contributed by atoms with van der Waals surface area (Å²) in [4.78, 5) is 16.2. The number of ether oxygens (including phenoxy) is 1. The number of hydroxylamine groups is 2. The van der Waals surface area contributed by atoms with Crippen LogP contribution in [0.2, 0.25) is 5.02 Å². The predicted octanol–water partition coefficient (Wildman–Crippen LogP) is 3.44. The lowest BCUT2D eigenvalue weighted by Gasteiger charge is -2.16. The van der Waals surface area contributed by atoms with E-state index in [-0.39, 0.29) is 5.02 Å². The number of nitrogens with zero attached hydrogens (tertiary/aromatic N) is 1. The minimum absolute atomic E-state index is 0.259. The van der Waals surface area contributed by atoms with Gasteiger partial charge in [0.05, 0.1) is 18.4 Å². The van der Waals surface area contributed by atoms with Crippen molar-refractivity contribution in [2.24, 2.45) is 0 Å². The molecule has 0 aliphatic carbocycles. The average Bonchev–Trinajstić information content (AvgIpc) is 2.56. The fraction of sp³-hybridized carbons (Fsp3) is 0.364. The van der Waals surface area contributed by atoms with E-state index in [2.05, 4.69) is 14.9 Å². The number of halogens is 5. The number of hydrogen-bond donors (Lipinski definition) is 1. The second-order valence-corrected chi connectivity index (χ2v) is 4.57. The van der Waals surface area contributed by atoms with Crippen molar-refractivity contribution in [2.45, 2.75) is 12.0 Å². The van der Waals surface area contributed by atoms with E-state index in [4.69, 9.17) is 11.6 Å². The number of hydrogen-bond acceptors (Lipinski definition) is 3. The summed E-state index contributed by atoms with van der Waals surface area (Å²) in [7, 11) is 2.41. The lowest BCUT2D eigenvalue weighted by Crippen LogP contribution is -2.37. The first-order valence-electron chi connectivity index (χ1n) is 5.47. The third-order valence-electron chi connectivity index (χ3n) is 2.79. The maximum Gasteiger partial charge on any atom is 0.469 e. The van der Waals surface area contributed by atoms with E-state index in [0.29, 0.717) is 6.07 Å². The molecule has 1 aromatic rings. The molecule has 1 aliphatic heterocycles. The molecule has 21 heavy (non-hydrogen) atoms. The van der Waals surface area contributed by atoms with Crippen LogP contribution in [0.4, 0.5) is 28.0 Å². The van der Waals surface area contributed by atoms with Gasteiger partial charge < -0.3 is 10.1 Å². The molecule has 0 radical (unpaired) electrons. The number of rotatable bonds is 2. The molecule has 2 amide bonds. The molecule has 0 saturated carbocycles. The standard InChI is InChI=1S/C11H9ClF4N2O3/c1-18(20-2)9(19)17-7-4-5(12)3-6-8(7)21-11(15,16)10(6,13)14/h3-4H,1-2H3,(H,17,19). The van der Waals surface area contributed by atoms with E-state index in [1.165, 1.54) is 14.2 Å². The molecule has 1 aliphatic rings. The van der Waals surface area contributed by atoms with Gasteiger partial charge in [-0.05, 0) is 12.1 Å². The van der Waals surface area contributed by atoms with E-state index in [1.54, 1.807) is 0 Å². The van der Waals surface area contributed by atoms with Crippen LogP contribution in [0.25, 0.3) is 0 Å². The van der Waals surface area contributed by atoms with Gasteiger partial charge >= 0.3 is 18.1 Å². The fourth-order valence-electron chi connectivity index (χ4n) is 1.66. The molecule has 0 unspecified atom stereocenters. The Morgan fingerprint density at radius 3 is 2.57 bits per heavy atom. The number of nitrogens with one attached hydrogen (secondary N) is 1. The van der Waals surface area contributed by atoms with Gasteiger partial charge in [0.1, 0.15) is 0 Å². The van der Waals surface area contributed by atoms with Crippen molar-refractivity contribution in [3.63, 3.8) is 0 Å². The maximum absolute atomic E-state index is 13.6. The summed E-state index contributed by atoms with van der Waals surface area (Å²) < 4.78 is 57.6. The van der Waals surface area contributed by atoms with Crippen LogP contribution in [0, 0.1) is 0 Å². The monoisotopic (exact) mass is 328 g/mol. The molecule has 0 spiro atoms. The van der Waals surface area contributed by atoms with E-state index >= 15 is 0 Å². The summed E-state index contributed by atoms with van der Waals surface area (Å²) in [6, 6.07) is 0.788. The minimum Gasteiger partial charge on any atom is -0.425 e. The Bertz CT molecular complexity index is 597. The zero-order valence-corrected chi connectivity index (χ0v) is 11.5. The van der Waals surface area contributed by atoms with Gasteiger partial charge in [-0.25, -0.2) is 9.86 Å². The number of benzene rings is 1. The quantitative estimate of drug-likeness (QED) is 0.668. The Labute approximate surface area is 121 Å². The van der Waals surface area contributed by atoms with Crippen LogP contribution < -0.4 is 10.1 Å². The van der Waals surface area contributed by atoms with Crippen molar-refractivity contribution in [2.75, 3.05) is 19.5 Å². The van der Waals surface area contributed by atoms with Crippen molar-refractivity contribution in [1.82, 2.24) is 5.06 Å². The fourth-order valence-corrected chi connectivity index (χ4v) is 1.87. The summed E-state index contributed by atoms with van der Waals surface area (Å²) in [5, 5.41) is 2.56. The Hall–Kier alpha value is -1.74. The molecule has 5 nitrogen and oxygen atoms in total. The van der Waals surface area contributed by atoms with Gasteiger partial charge in [-0.1, -0.05) is 11.6 Å². The van der Waals surface area contributed by atoms with Gasteiger partial charge in [-0.3, -0.25) is 4.84 Å². The molecule has 0 aromatic heterocycles. The molecule has 1 N–H and O–H groups in total. The van der Waals surface area contributed by atoms with E-state index in [0.717, 1.165) is 11.1 Å². The number of amides is 2. The zero-order valence-electron chi connectivity index (χ0n) is 10.7.